The molecule has 0 spiro atoms. The Morgan fingerprint density at radius 1 is 0.431 bits per heavy atom. The number of nitrogens with zero attached hydrogens (tertiary/aromatic N) is 4. The van der Waals surface area contributed by atoms with E-state index in [9.17, 15) is 0 Å². The van der Waals surface area contributed by atoms with Crippen molar-refractivity contribution in [3.8, 4) is 39.9 Å². The van der Waals surface area contributed by atoms with Crippen molar-refractivity contribution in [1.82, 2.24) is 19.5 Å². The number of aromatic nitrogens is 4. The van der Waals surface area contributed by atoms with E-state index in [4.69, 9.17) is 19.4 Å². The largest absolute Gasteiger partial charge is 0.455 e. The monoisotopic (exact) mass is 670 g/mol. The first kappa shape index (κ1) is 28.2. The Balaban J connectivity index is 1.16. The van der Waals surface area contributed by atoms with Gasteiger partial charge >= 0.3 is 0 Å². The van der Waals surface area contributed by atoms with E-state index < -0.39 is 0 Å². The molecular formula is C45H26N4OS. The molecule has 11 rings (SSSR count). The van der Waals surface area contributed by atoms with Gasteiger partial charge in [0, 0.05) is 58.5 Å². The lowest BCUT2D eigenvalue weighted by atomic mass is 10.1. The van der Waals surface area contributed by atoms with Crippen LogP contribution in [0.4, 0.5) is 0 Å². The van der Waals surface area contributed by atoms with Gasteiger partial charge in [0.25, 0.3) is 0 Å². The van der Waals surface area contributed by atoms with Crippen LogP contribution in [0.15, 0.2) is 162 Å². The third-order valence-corrected chi connectivity index (χ3v) is 11.0. The van der Waals surface area contributed by atoms with Crippen molar-refractivity contribution in [2.24, 2.45) is 0 Å². The van der Waals surface area contributed by atoms with Crippen molar-refractivity contribution in [3.05, 3.63) is 158 Å². The van der Waals surface area contributed by atoms with Crippen molar-refractivity contribution in [3.63, 3.8) is 0 Å². The van der Waals surface area contributed by atoms with Crippen molar-refractivity contribution < 1.29 is 4.42 Å². The van der Waals surface area contributed by atoms with E-state index in [1.165, 1.54) is 25.6 Å². The molecule has 0 bridgehead atoms. The van der Waals surface area contributed by atoms with Crippen LogP contribution < -0.4 is 0 Å². The van der Waals surface area contributed by atoms with Crippen LogP contribution in [-0.2, 0) is 0 Å². The number of para-hydroxylation sites is 4. The van der Waals surface area contributed by atoms with E-state index in [2.05, 4.69) is 138 Å². The number of hydrogen-bond acceptors (Lipinski definition) is 5. The molecule has 0 atom stereocenters. The second-order valence-corrected chi connectivity index (χ2v) is 13.9. The lowest BCUT2D eigenvalue weighted by Crippen LogP contribution is -2.00. The van der Waals surface area contributed by atoms with Gasteiger partial charge in [-0.05, 0) is 72.8 Å². The molecule has 0 saturated heterocycles. The number of thiophene rings is 1. The van der Waals surface area contributed by atoms with Gasteiger partial charge in [-0.3, -0.25) is 0 Å². The molecule has 7 aromatic carbocycles. The predicted molar refractivity (Wildman–Crippen MR) is 211 cm³/mol. The predicted octanol–water partition coefficient (Wildman–Crippen LogP) is 12.2. The molecule has 51 heavy (non-hydrogen) atoms. The molecule has 0 radical (unpaired) electrons. The van der Waals surface area contributed by atoms with E-state index in [0.29, 0.717) is 17.5 Å². The third-order valence-electron chi connectivity index (χ3n) is 9.86. The Bertz CT molecular complexity index is 3150. The fourth-order valence-electron chi connectivity index (χ4n) is 7.51. The summed E-state index contributed by atoms with van der Waals surface area (Å²) in [5.41, 5.74) is 7.70. The zero-order valence-electron chi connectivity index (χ0n) is 27.1. The minimum atomic E-state index is 0.571. The van der Waals surface area contributed by atoms with E-state index >= 15 is 0 Å². The van der Waals surface area contributed by atoms with Gasteiger partial charge in [-0.2, -0.15) is 0 Å². The Hall–Kier alpha value is -6.63. The minimum absolute atomic E-state index is 0.571. The summed E-state index contributed by atoms with van der Waals surface area (Å²) < 4.78 is 11.3. The van der Waals surface area contributed by atoms with E-state index in [1.807, 2.05) is 24.3 Å². The highest BCUT2D eigenvalue weighted by Crippen LogP contribution is 2.39. The fraction of sp³-hybridized carbons (Fsp3) is 0. The van der Waals surface area contributed by atoms with E-state index in [1.54, 1.807) is 11.3 Å². The first-order valence-electron chi connectivity index (χ1n) is 16.9. The minimum Gasteiger partial charge on any atom is -0.455 e. The Kier molecular flexibility index (Phi) is 6.05. The SMILES string of the molecule is c1ccc(-n2c3ccccc3c3cc(-c4nc(-c5ccc6sc7ccccc7c6c5)nc(-c5cccc6c5oc5ccccc56)n4)ccc32)cc1. The molecule has 0 aliphatic rings. The molecule has 5 nitrogen and oxygen atoms in total. The number of rotatable bonds is 4. The lowest BCUT2D eigenvalue weighted by Gasteiger charge is -2.10. The third kappa shape index (κ3) is 4.37. The van der Waals surface area contributed by atoms with Gasteiger partial charge in [0.2, 0.25) is 0 Å². The van der Waals surface area contributed by atoms with Crippen LogP contribution in [0.25, 0.3) is 104 Å². The van der Waals surface area contributed by atoms with Gasteiger partial charge in [-0.15, -0.1) is 11.3 Å². The summed E-state index contributed by atoms with van der Waals surface area (Å²) in [7, 11) is 0. The molecule has 0 unspecified atom stereocenters. The van der Waals surface area contributed by atoms with Crippen molar-refractivity contribution >= 4 is 75.3 Å². The van der Waals surface area contributed by atoms with Gasteiger partial charge in [-0.25, -0.2) is 15.0 Å². The van der Waals surface area contributed by atoms with E-state index in [-0.39, 0.29) is 0 Å². The smallest absolute Gasteiger partial charge is 0.167 e. The molecule has 0 fully saturated rings. The summed E-state index contributed by atoms with van der Waals surface area (Å²) in [6.45, 7) is 0. The first-order valence-corrected chi connectivity index (χ1v) is 17.8. The van der Waals surface area contributed by atoms with Crippen molar-refractivity contribution in [2.45, 2.75) is 0 Å². The summed E-state index contributed by atoms with van der Waals surface area (Å²) in [5.74, 6) is 1.80. The topological polar surface area (TPSA) is 56.7 Å². The molecule has 6 heteroatoms. The Morgan fingerprint density at radius 2 is 1.06 bits per heavy atom. The zero-order valence-corrected chi connectivity index (χ0v) is 27.9. The highest BCUT2D eigenvalue weighted by atomic mass is 32.1. The van der Waals surface area contributed by atoms with Gasteiger partial charge in [0.05, 0.1) is 16.6 Å². The maximum absolute atomic E-state index is 6.47. The summed E-state index contributed by atoms with van der Waals surface area (Å²) in [5, 5.41) is 6.86. The van der Waals surface area contributed by atoms with Crippen LogP contribution in [0.2, 0.25) is 0 Å². The number of hydrogen-bond donors (Lipinski definition) is 0. The standard InChI is InChI=1S/C45H26N4OS/c1-2-11-29(12-3-1)49-37-18-7-4-13-30(37)35-25-27(21-23-38(35)49)43-46-44(28-22-24-41-36(26-28)32-15-6-9-20-40(32)51-41)48-45(47-43)34-17-10-16-33-31-14-5-8-19-39(31)50-42(33)34/h1-26H. The molecule has 0 saturated carbocycles. The number of fused-ring (bicyclic) bond motifs is 9. The van der Waals surface area contributed by atoms with Crippen LogP contribution in [0, 0.1) is 0 Å². The van der Waals surface area contributed by atoms with Gasteiger partial charge in [0.1, 0.15) is 11.2 Å². The molecule has 0 amide bonds. The van der Waals surface area contributed by atoms with Crippen LogP contribution in [0.5, 0.6) is 0 Å². The normalized spacial score (nSPS) is 11.9. The molecule has 0 aliphatic heterocycles. The molecule has 11 aromatic rings. The van der Waals surface area contributed by atoms with Gasteiger partial charge in [0.15, 0.2) is 17.5 Å². The summed E-state index contributed by atoms with van der Waals surface area (Å²) >= 11 is 1.80. The molecular weight excluding hydrogens is 645 g/mol. The second kappa shape index (κ2) is 10.9. The molecule has 238 valence electrons. The summed E-state index contributed by atoms with van der Waals surface area (Å²) in [6, 6.07) is 55.0. The first-order chi connectivity index (χ1) is 25.3. The van der Waals surface area contributed by atoms with Crippen LogP contribution in [-0.4, -0.2) is 19.5 Å². The number of benzene rings is 7. The van der Waals surface area contributed by atoms with Crippen molar-refractivity contribution in [2.75, 3.05) is 0 Å². The van der Waals surface area contributed by atoms with Crippen LogP contribution in [0.1, 0.15) is 0 Å². The lowest BCUT2D eigenvalue weighted by molar-refractivity contribution is 0.669. The highest BCUT2D eigenvalue weighted by Gasteiger charge is 2.20. The van der Waals surface area contributed by atoms with Crippen LogP contribution in [0.3, 0.4) is 0 Å². The number of furan rings is 1. The molecule has 0 aliphatic carbocycles. The van der Waals surface area contributed by atoms with Crippen LogP contribution >= 0.6 is 11.3 Å². The fourth-order valence-corrected chi connectivity index (χ4v) is 8.60. The average molecular weight is 671 g/mol. The molecule has 0 N–H and O–H groups in total. The highest BCUT2D eigenvalue weighted by molar-refractivity contribution is 7.25. The second-order valence-electron chi connectivity index (χ2n) is 12.8. The summed E-state index contributed by atoms with van der Waals surface area (Å²) in [6.07, 6.45) is 0. The van der Waals surface area contributed by atoms with Gasteiger partial charge in [-0.1, -0.05) is 84.9 Å². The Morgan fingerprint density at radius 3 is 1.92 bits per heavy atom. The maximum atomic E-state index is 6.47. The van der Waals surface area contributed by atoms with E-state index in [0.717, 1.165) is 60.7 Å². The summed E-state index contributed by atoms with van der Waals surface area (Å²) in [4.78, 5) is 15.5. The van der Waals surface area contributed by atoms with Crippen molar-refractivity contribution in [1.29, 1.82) is 0 Å². The Labute approximate surface area is 295 Å². The quantitative estimate of drug-likeness (QED) is 0.187. The zero-order chi connectivity index (χ0) is 33.5. The van der Waals surface area contributed by atoms with Gasteiger partial charge < -0.3 is 8.98 Å². The molecule has 4 aromatic heterocycles. The maximum Gasteiger partial charge on any atom is 0.167 e. The average Bonchev–Trinajstić information content (AvgIpc) is 3.87. The molecule has 4 heterocycles.